The van der Waals surface area contributed by atoms with Crippen LogP contribution < -0.4 is 4.74 Å². The van der Waals surface area contributed by atoms with Crippen LogP contribution in [0.4, 0.5) is 0 Å². The lowest BCUT2D eigenvalue weighted by Gasteiger charge is -2.24. The molecule has 0 fully saturated rings. The zero-order valence-corrected chi connectivity index (χ0v) is 21.3. The van der Waals surface area contributed by atoms with Gasteiger partial charge in [-0.2, -0.15) is 0 Å². The summed E-state index contributed by atoms with van der Waals surface area (Å²) in [5, 5.41) is 0. The largest absolute Gasteiger partial charge is 0.494 e. The van der Waals surface area contributed by atoms with Crippen LogP contribution in [0.5, 0.6) is 5.75 Å². The van der Waals surface area contributed by atoms with E-state index in [1.807, 2.05) is 0 Å². The normalized spacial score (nSPS) is 15.4. The van der Waals surface area contributed by atoms with E-state index in [2.05, 4.69) is 44.3 Å². The number of ether oxygens (including phenoxy) is 1. The van der Waals surface area contributed by atoms with Crippen molar-refractivity contribution in [2.24, 2.45) is 5.92 Å². The molecule has 0 saturated heterocycles. The lowest BCUT2D eigenvalue weighted by atomic mass is 9.84. The van der Waals surface area contributed by atoms with Gasteiger partial charge < -0.3 is 4.74 Å². The molecule has 2 aromatic rings. The predicted molar refractivity (Wildman–Crippen MR) is 140 cm³/mol. The Bertz CT molecular complexity index is 786. The van der Waals surface area contributed by atoms with Crippen molar-refractivity contribution in [2.45, 2.75) is 117 Å². The van der Waals surface area contributed by atoms with Crippen molar-refractivity contribution in [3.63, 3.8) is 0 Å². The van der Waals surface area contributed by atoms with Gasteiger partial charge in [-0.1, -0.05) is 90.9 Å². The van der Waals surface area contributed by atoms with Gasteiger partial charge in [-0.15, -0.1) is 0 Å². The van der Waals surface area contributed by atoms with Crippen molar-refractivity contribution in [3.8, 4) is 17.1 Å². The van der Waals surface area contributed by atoms with E-state index in [0.717, 1.165) is 48.9 Å². The third kappa shape index (κ3) is 9.10. The molecule has 0 saturated carbocycles. The SMILES string of the molecule is CCCCCCCCCC1CCc2nc(-c3ccc(OCCCCCCC)cc3)ncc2C1. The second kappa shape index (κ2) is 15.1. The van der Waals surface area contributed by atoms with Crippen molar-refractivity contribution in [3.05, 3.63) is 41.7 Å². The van der Waals surface area contributed by atoms with Gasteiger partial charge in [-0.05, 0) is 61.4 Å². The number of fused-ring (bicyclic) bond motifs is 1. The molecule has 1 aromatic heterocycles. The fourth-order valence-electron chi connectivity index (χ4n) is 4.95. The first kappa shape index (κ1) is 25.7. The molecule has 0 N–H and O–H groups in total. The van der Waals surface area contributed by atoms with Crippen LogP contribution in [0.25, 0.3) is 11.4 Å². The molecule has 0 radical (unpaired) electrons. The van der Waals surface area contributed by atoms with Gasteiger partial charge in [0, 0.05) is 17.5 Å². The number of hydrogen-bond donors (Lipinski definition) is 0. The van der Waals surface area contributed by atoms with E-state index < -0.39 is 0 Å². The molecule has 0 spiro atoms. The number of nitrogens with zero attached hydrogens (tertiary/aromatic N) is 2. The average molecular weight is 451 g/mol. The summed E-state index contributed by atoms with van der Waals surface area (Å²) >= 11 is 0. The molecular formula is C30H46N2O. The number of hydrogen-bond acceptors (Lipinski definition) is 3. The summed E-state index contributed by atoms with van der Waals surface area (Å²) < 4.78 is 5.90. The van der Waals surface area contributed by atoms with E-state index in [1.54, 1.807) is 0 Å². The van der Waals surface area contributed by atoms with Crippen molar-refractivity contribution in [2.75, 3.05) is 6.61 Å². The van der Waals surface area contributed by atoms with Crippen LogP contribution in [0.1, 0.15) is 115 Å². The van der Waals surface area contributed by atoms with Gasteiger partial charge >= 0.3 is 0 Å². The number of aromatic nitrogens is 2. The van der Waals surface area contributed by atoms with Crippen LogP contribution in [-0.4, -0.2) is 16.6 Å². The summed E-state index contributed by atoms with van der Waals surface area (Å²) in [5.41, 5.74) is 3.72. The Morgan fingerprint density at radius 1 is 0.818 bits per heavy atom. The lowest BCUT2D eigenvalue weighted by Crippen LogP contribution is -2.16. The quantitative estimate of drug-likeness (QED) is 0.240. The smallest absolute Gasteiger partial charge is 0.159 e. The maximum Gasteiger partial charge on any atom is 0.159 e. The van der Waals surface area contributed by atoms with Gasteiger partial charge in [0.05, 0.1) is 6.61 Å². The molecule has 182 valence electrons. The van der Waals surface area contributed by atoms with Crippen LogP contribution in [-0.2, 0) is 12.8 Å². The van der Waals surface area contributed by atoms with E-state index in [-0.39, 0.29) is 0 Å². The number of unbranched alkanes of at least 4 members (excludes halogenated alkanes) is 10. The minimum Gasteiger partial charge on any atom is -0.494 e. The Labute approximate surface area is 202 Å². The minimum atomic E-state index is 0.804. The van der Waals surface area contributed by atoms with E-state index in [0.29, 0.717) is 0 Å². The molecule has 3 rings (SSSR count). The molecule has 1 atom stereocenters. The highest BCUT2D eigenvalue weighted by Gasteiger charge is 2.20. The van der Waals surface area contributed by atoms with Crippen LogP contribution in [0.2, 0.25) is 0 Å². The van der Waals surface area contributed by atoms with Gasteiger partial charge in [0.25, 0.3) is 0 Å². The number of aryl methyl sites for hydroxylation is 1. The minimum absolute atomic E-state index is 0.804. The van der Waals surface area contributed by atoms with Crippen molar-refractivity contribution >= 4 is 0 Å². The summed E-state index contributed by atoms with van der Waals surface area (Å²) in [6.07, 6.45) is 23.1. The molecule has 1 aliphatic rings. The Kier molecular flexibility index (Phi) is 11.8. The van der Waals surface area contributed by atoms with Gasteiger partial charge in [-0.25, -0.2) is 9.97 Å². The number of rotatable bonds is 16. The summed E-state index contributed by atoms with van der Waals surface area (Å²) in [7, 11) is 0. The van der Waals surface area contributed by atoms with Crippen LogP contribution in [0, 0.1) is 5.92 Å². The molecule has 0 bridgehead atoms. The molecule has 0 aliphatic heterocycles. The third-order valence-electron chi connectivity index (χ3n) is 7.10. The van der Waals surface area contributed by atoms with E-state index >= 15 is 0 Å². The molecule has 3 nitrogen and oxygen atoms in total. The molecule has 3 heteroatoms. The van der Waals surface area contributed by atoms with Crippen molar-refractivity contribution < 1.29 is 4.74 Å². The second-order valence-electron chi connectivity index (χ2n) is 9.97. The monoisotopic (exact) mass is 450 g/mol. The van der Waals surface area contributed by atoms with Crippen molar-refractivity contribution in [1.29, 1.82) is 0 Å². The van der Waals surface area contributed by atoms with E-state index in [1.165, 1.54) is 94.7 Å². The fraction of sp³-hybridized carbons (Fsp3) is 0.667. The molecule has 1 heterocycles. The summed E-state index contributed by atoms with van der Waals surface area (Å²) in [6, 6.07) is 8.31. The number of benzene rings is 1. The average Bonchev–Trinajstić information content (AvgIpc) is 2.85. The molecule has 1 aromatic carbocycles. The first-order valence-corrected chi connectivity index (χ1v) is 13.9. The summed E-state index contributed by atoms with van der Waals surface area (Å²) in [4.78, 5) is 9.65. The summed E-state index contributed by atoms with van der Waals surface area (Å²) in [6.45, 7) is 5.34. The molecule has 1 unspecified atom stereocenters. The van der Waals surface area contributed by atoms with Crippen LogP contribution in [0.3, 0.4) is 0 Å². The van der Waals surface area contributed by atoms with E-state index in [9.17, 15) is 0 Å². The Balaban J connectivity index is 1.41. The molecule has 1 aliphatic carbocycles. The first-order chi connectivity index (χ1) is 16.3. The van der Waals surface area contributed by atoms with Gasteiger partial charge in [0.1, 0.15) is 5.75 Å². The van der Waals surface area contributed by atoms with Crippen LogP contribution >= 0.6 is 0 Å². The fourth-order valence-corrected chi connectivity index (χ4v) is 4.95. The Hall–Kier alpha value is -1.90. The Morgan fingerprint density at radius 3 is 2.21 bits per heavy atom. The standard InChI is InChI=1S/C30H46N2O/c1-3-5-7-9-10-11-13-15-25-16-21-29-27(23-25)24-31-30(32-29)26-17-19-28(20-18-26)33-22-14-12-8-6-4-2/h17-20,24-25H,3-16,21-23H2,1-2H3. The van der Waals surface area contributed by atoms with E-state index in [4.69, 9.17) is 14.7 Å². The molecule has 33 heavy (non-hydrogen) atoms. The van der Waals surface area contributed by atoms with Crippen molar-refractivity contribution in [1.82, 2.24) is 9.97 Å². The maximum atomic E-state index is 5.90. The third-order valence-corrected chi connectivity index (χ3v) is 7.10. The van der Waals surface area contributed by atoms with Gasteiger partial charge in [-0.3, -0.25) is 0 Å². The predicted octanol–water partition coefficient (Wildman–Crippen LogP) is 8.74. The molecular weight excluding hydrogens is 404 g/mol. The highest BCUT2D eigenvalue weighted by Crippen LogP contribution is 2.29. The maximum absolute atomic E-state index is 5.90. The second-order valence-corrected chi connectivity index (χ2v) is 9.97. The van der Waals surface area contributed by atoms with Gasteiger partial charge in [0.15, 0.2) is 5.82 Å². The summed E-state index contributed by atoms with van der Waals surface area (Å²) in [5.74, 6) is 2.62. The zero-order chi connectivity index (χ0) is 23.1. The Morgan fingerprint density at radius 2 is 1.48 bits per heavy atom. The highest BCUT2D eigenvalue weighted by atomic mass is 16.5. The van der Waals surface area contributed by atoms with Crippen LogP contribution in [0.15, 0.2) is 30.5 Å². The highest BCUT2D eigenvalue weighted by molar-refractivity contribution is 5.56. The van der Waals surface area contributed by atoms with Gasteiger partial charge in [0.2, 0.25) is 0 Å². The lowest BCUT2D eigenvalue weighted by molar-refractivity contribution is 0.304. The first-order valence-electron chi connectivity index (χ1n) is 13.9. The topological polar surface area (TPSA) is 35.0 Å². The molecule has 0 amide bonds. The zero-order valence-electron chi connectivity index (χ0n) is 21.3.